The third kappa shape index (κ3) is 4.21. The number of nitrogens with zero attached hydrogens (tertiary/aromatic N) is 1. The topological polar surface area (TPSA) is 108 Å². The molecule has 8 nitrogen and oxygen atoms in total. The SMILES string of the molecule is CC[C@@H](CO)N1C(=O)[C@@H]2[C@@H](C(=O)NCc3ccccc3)[C@@]3(C)CCC2(O3)C1C(=O)Nc1ccc(Cl)cc1. The number of fused-ring (bicyclic) bond motifs is 1. The van der Waals surface area contributed by atoms with Crippen molar-refractivity contribution in [2.24, 2.45) is 11.8 Å². The van der Waals surface area contributed by atoms with Crippen LogP contribution in [0.2, 0.25) is 5.02 Å². The second kappa shape index (κ2) is 9.74. The quantitative estimate of drug-likeness (QED) is 0.491. The highest BCUT2D eigenvalue weighted by atomic mass is 35.5. The first-order chi connectivity index (χ1) is 17.7. The Morgan fingerprint density at radius 2 is 1.84 bits per heavy atom. The minimum atomic E-state index is -1.15. The molecule has 3 saturated heterocycles. The molecule has 2 bridgehead atoms. The second-order valence-electron chi connectivity index (χ2n) is 10.4. The van der Waals surface area contributed by atoms with Gasteiger partial charge in [-0.3, -0.25) is 14.4 Å². The van der Waals surface area contributed by atoms with E-state index in [0.29, 0.717) is 36.5 Å². The zero-order valence-electron chi connectivity index (χ0n) is 20.9. The molecule has 3 aliphatic rings. The number of rotatable bonds is 8. The summed E-state index contributed by atoms with van der Waals surface area (Å²) >= 11 is 5.99. The highest BCUT2D eigenvalue weighted by Crippen LogP contribution is 2.63. The number of likely N-dealkylation sites (tertiary alicyclic amines) is 1. The zero-order chi connectivity index (χ0) is 26.4. The van der Waals surface area contributed by atoms with Gasteiger partial charge in [0.25, 0.3) is 0 Å². The monoisotopic (exact) mass is 525 g/mol. The molecular weight excluding hydrogens is 494 g/mol. The molecule has 5 rings (SSSR count). The molecule has 0 radical (unpaired) electrons. The van der Waals surface area contributed by atoms with E-state index in [0.717, 1.165) is 5.56 Å². The van der Waals surface area contributed by atoms with Crippen LogP contribution in [0.5, 0.6) is 0 Å². The van der Waals surface area contributed by atoms with Crippen LogP contribution in [-0.4, -0.2) is 57.6 Å². The fourth-order valence-corrected chi connectivity index (χ4v) is 6.64. The van der Waals surface area contributed by atoms with Crippen molar-refractivity contribution in [2.45, 2.75) is 62.9 Å². The molecule has 3 amide bonds. The van der Waals surface area contributed by atoms with Gasteiger partial charge >= 0.3 is 0 Å². The van der Waals surface area contributed by atoms with E-state index in [1.165, 1.54) is 4.90 Å². The third-order valence-electron chi connectivity index (χ3n) is 8.24. The van der Waals surface area contributed by atoms with Gasteiger partial charge in [-0.1, -0.05) is 48.9 Å². The predicted octanol–water partition coefficient (Wildman–Crippen LogP) is 3.13. The van der Waals surface area contributed by atoms with Gasteiger partial charge in [0.1, 0.15) is 11.6 Å². The van der Waals surface area contributed by atoms with E-state index in [4.69, 9.17) is 16.3 Å². The maximum Gasteiger partial charge on any atom is 0.250 e. The van der Waals surface area contributed by atoms with Gasteiger partial charge in [0.15, 0.2) is 0 Å². The Kier molecular flexibility index (Phi) is 6.77. The van der Waals surface area contributed by atoms with Gasteiger partial charge in [-0.25, -0.2) is 0 Å². The fraction of sp³-hybridized carbons (Fsp3) is 0.464. The molecule has 196 valence electrons. The predicted molar refractivity (Wildman–Crippen MR) is 139 cm³/mol. The van der Waals surface area contributed by atoms with Gasteiger partial charge in [0.2, 0.25) is 17.7 Å². The summed E-state index contributed by atoms with van der Waals surface area (Å²) in [5, 5.41) is 16.6. The van der Waals surface area contributed by atoms with E-state index < -0.39 is 41.0 Å². The molecule has 3 fully saturated rings. The van der Waals surface area contributed by atoms with Crippen LogP contribution in [0.3, 0.4) is 0 Å². The average Bonchev–Trinajstić information content (AvgIpc) is 3.46. The summed E-state index contributed by atoms with van der Waals surface area (Å²) in [7, 11) is 0. The number of amides is 3. The molecule has 0 aromatic heterocycles. The lowest BCUT2D eigenvalue weighted by Crippen LogP contribution is -2.56. The summed E-state index contributed by atoms with van der Waals surface area (Å²) in [6.45, 7) is 3.76. The van der Waals surface area contributed by atoms with Gasteiger partial charge in [-0.2, -0.15) is 0 Å². The van der Waals surface area contributed by atoms with Crippen LogP contribution in [0.15, 0.2) is 54.6 Å². The molecule has 2 aromatic carbocycles. The Morgan fingerprint density at radius 1 is 1.14 bits per heavy atom. The number of aliphatic hydroxyl groups excluding tert-OH is 1. The lowest BCUT2D eigenvalue weighted by atomic mass is 9.66. The van der Waals surface area contributed by atoms with Crippen LogP contribution >= 0.6 is 11.6 Å². The summed E-state index contributed by atoms with van der Waals surface area (Å²) in [6, 6.07) is 14.7. The first-order valence-corrected chi connectivity index (χ1v) is 13.1. The van der Waals surface area contributed by atoms with E-state index in [-0.39, 0.29) is 18.4 Å². The first kappa shape index (κ1) is 25.7. The van der Waals surface area contributed by atoms with E-state index in [9.17, 15) is 19.5 Å². The maximum atomic E-state index is 14.0. The van der Waals surface area contributed by atoms with E-state index >= 15 is 0 Å². The Balaban J connectivity index is 1.48. The number of ether oxygens (including phenoxy) is 1. The standard InChI is InChI=1S/C28H32ClN3O5/c1-3-20(16-33)32-23(25(35)31-19-11-9-18(29)10-12-19)28-14-13-27(2,37-28)21(22(28)26(32)36)24(34)30-15-17-7-5-4-6-8-17/h4-12,20-23,33H,3,13-16H2,1-2H3,(H,30,34)(H,31,35)/t20-,21-,22-,23?,27+,28?/m0/s1. The Labute approximate surface area is 221 Å². The Hall–Kier alpha value is -2.94. The number of anilines is 1. The molecule has 0 aliphatic carbocycles. The number of halogens is 1. The van der Waals surface area contributed by atoms with E-state index in [2.05, 4.69) is 10.6 Å². The van der Waals surface area contributed by atoms with Crippen LogP contribution in [0.25, 0.3) is 0 Å². The van der Waals surface area contributed by atoms with E-state index in [1.807, 2.05) is 44.2 Å². The van der Waals surface area contributed by atoms with E-state index in [1.54, 1.807) is 24.3 Å². The van der Waals surface area contributed by atoms with Crippen molar-refractivity contribution in [2.75, 3.05) is 11.9 Å². The van der Waals surface area contributed by atoms with Gasteiger partial charge in [0, 0.05) is 17.3 Å². The highest BCUT2D eigenvalue weighted by molar-refractivity contribution is 6.30. The number of nitrogens with one attached hydrogen (secondary N) is 2. The lowest BCUT2D eigenvalue weighted by molar-refractivity contribution is -0.148. The number of aliphatic hydroxyl groups is 1. The first-order valence-electron chi connectivity index (χ1n) is 12.8. The molecule has 3 N–H and O–H groups in total. The Bertz CT molecular complexity index is 1190. The van der Waals surface area contributed by atoms with Gasteiger partial charge in [-0.15, -0.1) is 0 Å². The highest BCUT2D eigenvalue weighted by Gasteiger charge is 2.78. The summed E-state index contributed by atoms with van der Waals surface area (Å²) in [4.78, 5) is 42.9. The summed E-state index contributed by atoms with van der Waals surface area (Å²) in [6.07, 6.45) is 1.48. The second-order valence-corrected chi connectivity index (χ2v) is 10.9. The summed E-state index contributed by atoms with van der Waals surface area (Å²) in [5.74, 6) is -2.55. The fourth-order valence-electron chi connectivity index (χ4n) is 6.51. The minimum absolute atomic E-state index is 0.262. The van der Waals surface area contributed by atoms with Crippen LogP contribution < -0.4 is 10.6 Å². The normalized spacial score (nSPS) is 30.8. The molecule has 6 atom stereocenters. The van der Waals surface area contributed by atoms with Crippen molar-refractivity contribution in [3.63, 3.8) is 0 Å². The average molecular weight is 526 g/mol. The smallest absolute Gasteiger partial charge is 0.250 e. The van der Waals surface area contributed by atoms with Gasteiger partial charge in [-0.05, 0) is 56.0 Å². The van der Waals surface area contributed by atoms with Crippen LogP contribution in [0, 0.1) is 11.8 Å². The lowest BCUT2D eigenvalue weighted by Gasteiger charge is -2.36. The molecule has 3 heterocycles. The number of hydrogen-bond acceptors (Lipinski definition) is 5. The summed E-state index contributed by atoms with van der Waals surface area (Å²) < 4.78 is 6.60. The maximum absolute atomic E-state index is 14.0. The minimum Gasteiger partial charge on any atom is -0.394 e. The van der Waals surface area contributed by atoms with Gasteiger partial charge in [0.05, 0.1) is 30.1 Å². The van der Waals surface area contributed by atoms with Crippen LogP contribution in [-0.2, 0) is 25.7 Å². The van der Waals surface area contributed by atoms with Crippen molar-refractivity contribution < 1.29 is 24.2 Å². The van der Waals surface area contributed by atoms with Crippen molar-refractivity contribution in [3.8, 4) is 0 Å². The zero-order valence-corrected chi connectivity index (χ0v) is 21.7. The van der Waals surface area contributed by atoms with Crippen molar-refractivity contribution in [3.05, 3.63) is 65.2 Å². The van der Waals surface area contributed by atoms with Crippen molar-refractivity contribution in [1.29, 1.82) is 0 Å². The van der Waals surface area contributed by atoms with Crippen LogP contribution in [0.1, 0.15) is 38.7 Å². The summed E-state index contributed by atoms with van der Waals surface area (Å²) in [5.41, 5.74) is -0.535. The molecule has 2 unspecified atom stereocenters. The molecular formula is C28H32ClN3O5. The molecule has 37 heavy (non-hydrogen) atoms. The van der Waals surface area contributed by atoms with Crippen molar-refractivity contribution in [1.82, 2.24) is 10.2 Å². The largest absolute Gasteiger partial charge is 0.394 e. The number of carbonyl (C=O) groups excluding carboxylic acids is 3. The number of hydrogen-bond donors (Lipinski definition) is 3. The number of benzene rings is 2. The Morgan fingerprint density at radius 3 is 2.49 bits per heavy atom. The molecule has 3 aliphatic heterocycles. The molecule has 9 heteroatoms. The van der Waals surface area contributed by atoms with Crippen LogP contribution in [0.4, 0.5) is 5.69 Å². The number of carbonyl (C=O) groups is 3. The third-order valence-corrected chi connectivity index (χ3v) is 8.49. The van der Waals surface area contributed by atoms with Crippen molar-refractivity contribution >= 4 is 35.0 Å². The molecule has 1 spiro atoms. The molecule has 0 saturated carbocycles. The van der Waals surface area contributed by atoms with Gasteiger partial charge < -0.3 is 25.4 Å². The molecule has 2 aromatic rings.